The van der Waals surface area contributed by atoms with Crippen LogP contribution in [-0.2, 0) is 17.5 Å². The van der Waals surface area contributed by atoms with Gasteiger partial charge >= 0.3 is 6.18 Å². The van der Waals surface area contributed by atoms with Crippen LogP contribution in [0.3, 0.4) is 0 Å². The van der Waals surface area contributed by atoms with Gasteiger partial charge in [-0.25, -0.2) is 0 Å². The first-order valence-corrected chi connectivity index (χ1v) is 12.1. The molecule has 2 aliphatic rings. The van der Waals surface area contributed by atoms with Gasteiger partial charge in [0.05, 0.1) is 17.8 Å². The number of rotatable bonds is 6. The number of piperidine rings is 1. The fraction of sp³-hybridized carbons (Fsp3) is 0.462. The summed E-state index contributed by atoms with van der Waals surface area (Å²) < 4.78 is 39.4. The van der Waals surface area contributed by atoms with Crippen LogP contribution in [0.1, 0.15) is 40.7 Å². The number of hydrogen-bond acceptors (Lipinski definition) is 4. The van der Waals surface area contributed by atoms with Gasteiger partial charge in [0.25, 0.3) is 5.91 Å². The summed E-state index contributed by atoms with van der Waals surface area (Å²) in [6.45, 7) is 5.00. The van der Waals surface area contributed by atoms with Gasteiger partial charge in [0, 0.05) is 38.3 Å². The zero-order valence-electron chi connectivity index (χ0n) is 19.7. The van der Waals surface area contributed by atoms with Crippen LogP contribution >= 0.6 is 0 Å². The van der Waals surface area contributed by atoms with Crippen molar-refractivity contribution >= 4 is 17.5 Å². The number of likely N-dealkylation sites (tertiary alicyclic amines) is 1. The Morgan fingerprint density at radius 1 is 0.800 bits per heavy atom. The molecule has 0 unspecified atom stereocenters. The molecule has 6 nitrogen and oxygen atoms in total. The van der Waals surface area contributed by atoms with Crippen molar-refractivity contribution in [2.75, 3.05) is 51.1 Å². The second-order valence-electron chi connectivity index (χ2n) is 9.19. The summed E-state index contributed by atoms with van der Waals surface area (Å²) in [4.78, 5) is 31.3. The highest BCUT2D eigenvalue weighted by Crippen LogP contribution is 2.34. The van der Waals surface area contributed by atoms with E-state index in [1.165, 1.54) is 43.0 Å². The van der Waals surface area contributed by atoms with E-state index in [9.17, 15) is 22.8 Å². The van der Waals surface area contributed by atoms with Gasteiger partial charge in [0.2, 0.25) is 5.91 Å². The second-order valence-corrected chi connectivity index (χ2v) is 9.19. The van der Waals surface area contributed by atoms with Gasteiger partial charge in [0.15, 0.2) is 0 Å². The molecule has 35 heavy (non-hydrogen) atoms. The molecule has 2 saturated heterocycles. The smallest absolute Gasteiger partial charge is 0.336 e. The number of piperazine rings is 1. The van der Waals surface area contributed by atoms with Crippen molar-refractivity contribution in [3.8, 4) is 0 Å². The average Bonchev–Trinajstić information content (AvgIpc) is 2.85. The molecule has 0 aromatic heterocycles. The molecule has 0 aliphatic carbocycles. The molecule has 0 atom stereocenters. The fourth-order valence-corrected chi connectivity index (χ4v) is 4.65. The first kappa shape index (κ1) is 25.2. The van der Waals surface area contributed by atoms with Crippen molar-refractivity contribution in [3.05, 3.63) is 65.2 Å². The molecule has 2 aromatic rings. The van der Waals surface area contributed by atoms with E-state index in [-0.39, 0.29) is 18.1 Å². The van der Waals surface area contributed by atoms with Crippen molar-refractivity contribution in [2.24, 2.45) is 0 Å². The van der Waals surface area contributed by atoms with E-state index >= 15 is 0 Å². The highest BCUT2D eigenvalue weighted by Gasteiger charge is 2.33. The first-order chi connectivity index (χ1) is 16.8. The summed E-state index contributed by atoms with van der Waals surface area (Å²) in [7, 11) is 0. The number of hydrogen-bond donors (Lipinski definition) is 1. The van der Waals surface area contributed by atoms with Crippen LogP contribution in [0, 0.1) is 0 Å². The molecular formula is C26H31F3N4O2. The average molecular weight is 489 g/mol. The number of alkyl halides is 3. The van der Waals surface area contributed by atoms with Crippen LogP contribution in [0.15, 0.2) is 48.5 Å². The van der Waals surface area contributed by atoms with Gasteiger partial charge in [-0.1, -0.05) is 30.7 Å². The maximum Gasteiger partial charge on any atom is 0.418 e. The van der Waals surface area contributed by atoms with E-state index < -0.39 is 17.6 Å². The molecule has 0 bridgehead atoms. The minimum Gasteiger partial charge on any atom is -0.336 e. The van der Waals surface area contributed by atoms with Crippen molar-refractivity contribution in [3.63, 3.8) is 0 Å². The van der Waals surface area contributed by atoms with Gasteiger partial charge in [-0.05, 0) is 55.8 Å². The van der Waals surface area contributed by atoms with E-state index in [0.29, 0.717) is 31.7 Å². The summed E-state index contributed by atoms with van der Waals surface area (Å²) in [5.74, 6) is -0.552. The Labute approximate surface area is 203 Å². The normalized spacial score (nSPS) is 17.9. The molecule has 9 heteroatoms. The van der Waals surface area contributed by atoms with Gasteiger partial charge in [0.1, 0.15) is 0 Å². The van der Waals surface area contributed by atoms with Crippen molar-refractivity contribution in [1.82, 2.24) is 14.7 Å². The Bertz CT molecular complexity index is 1010. The predicted molar refractivity (Wildman–Crippen MR) is 128 cm³/mol. The zero-order valence-corrected chi connectivity index (χ0v) is 19.7. The summed E-state index contributed by atoms with van der Waals surface area (Å²) in [5.41, 5.74) is 0.724. The van der Waals surface area contributed by atoms with Crippen LogP contribution in [0.5, 0.6) is 0 Å². The van der Waals surface area contributed by atoms with E-state index in [1.54, 1.807) is 4.90 Å². The van der Waals surface area contributed by atoms with E-state index in [0.717, 1.165) is 25.7 Å². The fourth-order valence-electron chi connectivity index (χ4n) is 4.65. The monoisotopic (exact) mass is 488 g/mol. The largest absolute Gasteiger partial charge is 0.418 e. The number of carbonyl (C=O) groups is 2. The number of nitrogens with zero attached hydrogens (tertiary/aromatic N) is 3. The molecule has 2 aromatic carbocycles. The van der Waals surface area contributed by atoms with Crippen LogP contribution in [0.25, 0.3) is 0 Å². The lowest BCUT2D eigenvalue weighted by Gasteiger charge is -2.34. The van der Waals surface area contributed by atoms with Crippen molar-refractivity contribution in [1.29, 1.82) is 0 Å². The van der Waals surface area contributed by atoms with Crippen LogP contribution in [0.2, 0.25) is 0 Å². The standard InChI is InChI=1S/C26H31F3N4O2/c27-26(28,29)22-6-2-3-7-23(22)30-24(34)19-32-14-16-33(17-15-32)25(35)21-10-8-20(9-11-21)18-31-12-4-1-5-13-31/h2-3,6-11H,1,4-5,12-19H2,(H,30,34). The summed E-state index contributed by atoms with van der Waals surface area (Å²) in [6, 6.07) is 12.7. The highest BCUT2D eigenvalue weighted by molar-refractivity contribution is 5.94. The zero-order chi connectivity index (χ0) is 24.8. The Morgan fingerprint density at radius 3 is 2.11 bits per heavy atom. The Morgan fingerprint density at radius 2 is 1.46 bits per heavy atom. The van der Waals surface area contributed by atoms with E-state index in [2.05, 4.69) is 10.2 Å². The molecule has 0 radical (unpaired) electrons. The molecule has 2 amide bonds. The van der Waals surface area contributed by atoms with Crippen molar-refractivity contribution in [2.45, 2.75) is 32.0 Å². The summed E-state index contributed by atoms with van der Waals surface area (Å²) in [5, 5.41) is 2.37. The molecular weight excluding hydrogens is 457 g/mol. The molecule has 2 fully saturated rings. The maximum absolute atomic E-state index is 13.1. The molecule has 1 N–H and O–H groups in total. The second kappa shape index (κ2) is 11.2. The number of carbonyl (C=O) groups excluding carboxylic acids is 2. The third-order valence-corrected chi connectivity index (χ3v) is 6.59. The number of para-hydroxylation sites is 1. The summed E-state index contributed by atoms with van der Waals surface area (Å²) >= 11 is 0. The van der Waals surface area contributed by atoms with Crippen LogP contribution < -0.4 is 5.32 Å². The van der Waals surface area contributed by atoms with Crippen LogP contribution in [0.4, 0.5) is 18.9 Å². The molecule has 0 spiro atoms. The third kappa shape index (κ3) is 6.82. The molecule has 0 saturated carbocycles. The Balaban J connectivity index is 1.25. The minimum absolute atomic E-state index is 0.0284. The van der Waals surface area contributed by atoms with Crippen LogP contribution in [-0.4, -0.2) is 72.3 Å². The summed E-state index contributed by atoms with van der Waals surface area (Å²) in [6.07, 6.45) is -0.758. The lowest BCUT2D eigenvalue weighted by Crippen LogP contribution is -2.50. The quantitative estimate of drug-likeness (QED) is 0.666. The molecule has 4 rings (SSSR count). The first-order valence-electron chi connectivity index (χ1n) is 12.1. The van der Waals surface area contributed by atoms with E-state index in [1.807, 2.05) is 29.2 Å². The van der Waals surface area contributed by atoms with Gasteiger partial charge in [-0.15, -0.1) is 0 Å². The molecule has 188 valence electrons. The highest BCUT2D eigenvalue weighted by atomic mass is 19.4. The number of benzene rings is 2. The predicted octanol–water partition coefficient (Wildman–Crippen LogP) is 4.09. The molecule has 2 heterocycles. The maximum atomic E-state index is 13.1. The van der Waals surface area contributed by atoms with Gasteiger partial charge < -0.3 is 10.2 Å². The number of anilines is 1. The minimum atomic E-state index is -4.54. The van der Waals surface area contributed by atoms with Gasteiger partial charge in [-0.2, -0.15) is 13.2 Å². The van der Waals surface area contributed by atoms with Gasteiger partial charge in [-0.3, -0.25) is 19.4 Å². The number of halogens is 3. The lowest BCUT2D eigenvalue weighted by molar-refractivity contribution is -0.137. The SMILES string of the molecule is O=C(CN1CCN(C(=O)c2ccc(CN3CCCCC3)cc2)CC1)Nc1ccccc1C(F)(F)F. The lowest BCUT2D eigenvalue weighted by atomic mass is 10.1. The third-order valence-electron chi connectivity index (χ3n) is 6.59. The topological polar surface area (TPSA) is 55.9 Å². The Kier molecular flexibility index (Phi) is 8.07. The number of nitrogens with one attached hydrogen (secondary N) is 1. The Hall–Kier alpha value is -2.91. The van der Waals surface area contributed by atoms with Crippen molar-refractivity contribution < 1.29 is 22.8 Å². The van der Waals surface area contributed by atoms with E-state index in [4.69, 9.17) is 0 Å². The molecule has 2 aliphatic heterocycles. The number of amides is 2.